The lowest BCUT2D eigenvalue weighted by Crippen LogP contribution is -1.99. The highest BCUT2D eigenvalue weighted by atomic mass is 16.4. The van der Waals surface area contributed by atoms with E-state index >= 15 is 0 Å². The van der Waals surface area contributed by atoms with Gasteiger partial charge in [0.05, 0.1) is 12.1 Å². The summed E-state index contributed by atoms with van der Waals surface area (Å²) in [5.74, 6) is -0.0641. The molecule has 2 aromatic rings. The SMILES string of the molecule is Cc1cccc(-n2cc(CC(=O)O)nc2C)c1. The third-order valence-corrected chi connectivity index (χ3v) is 2.54. The molecule has 1 N–H and O–H groups in total. The molecule has 1 aromatic heterocycles. The Bertz CT molecular complexity index is 558. The maximum Gasteiger partial charge on any atom is 0.309 e. The van der Waals surface area contributed by atoms with Gasteiger partial charge >= 0.3 is 5.97 Å². The third kappa shape index (κ3) is 2.53. The van der Waals surface area contributed by atoms with E-state index in [1.807, 2.05) is 42.7 Å². The number of rotatable bonds is 3. The van der Waals surface area contributed by atoms with Crippen LogP contribution in [0.15, 0.2) is 30.5 Å². The lowest BCUT2D eigenvalue weighted by molar-refractivity contribution is -0.136. The molecule has 4 heteroatoms. The second kappa shape index (κ2) is 4.41. The zero-order valence-electron chi connectivity index (χ0n) is 9.84. The summed E-state index contributed by atoms with van der Waals surface area (Å²) in [4.78, 5) is 14.9. The van der Waals surface area contributed by atoms with Gasteiger partial charge in [0.2, 0.25) is 0 Å². The maximum absolute atomic E-state index is 10.6. The van der Waals surface area contributed by atoms with Crippen LogP contribution in [0.3, 0.4) is 0 Å². The average molecular weight is 230 g/mol. The number of aryl methyl sites for hydroxylation is 2. The topological polar surface area (TPSA) is 55.1 Å². The van der Waals surface area contributed by atoms with Gasteiger partial charge in [0.1, 0.15) is 5.82 Å². The van der Waals surface area contributed by atoms with E-state index < -0.39 is 5.97 Å². The largest absolute Gasteiger partial charge is 0.481 e. The number of nitrogens with zero attached hydrogens (tertiary/aromatic N) is 2. The minimum absolute atomic E-state index is 0.0420. The number of imidazole rings is 1. The van der Waals surface area contributed by atoms with Crippen molar-refractivity contribution in [3.63, 3.8) is 0 Å². The van der Waals surface area contributed by atoms with Crippen molar-refractivity contribution in [3.05, 3.63) is 47.5 Å². The minimum atomic E-state index is -0.862. The van der Waals surface area contributed by atoms with E-state index in [0.29, 0.717) is 5.69 Å². The number of carboxylic acids is 1. The normalized spacial score (nSPS) is 10.5. The molecular formula is C13H14N2O2. The number of benzene rings is 1. The van der Waals surface area contributed by atoms with Gasteiger partial charge in [-0.1, -0.05) is 12.1 Å². The number of carbonyl (C=O) groups is 1. The third-order valence-electron chi connectivity index (χ3n) is 2.54. The first-order valence-corrected chi connectivity index (χ1v) is 5.40. The van der Waals surface area contributed by atoms with Crippen LogP contribution in [-0.4, -0.2) is 20.6 Å². The van der Waals surface area contributed by atoms with E-state index in [9.17, 15) is 4.79 Å². The molecule has 17 heavy (non-hydrogen) atoms. The second-order valence-corrected chi connectivity index (χ2v) is 4.06. The van der Waals surface area contributed by atoms with Crippen molar-refractivity contribution in [2.75, 3.05) is 0 Å². The Morgan fingerprint density at radius 2 is 2.18 bits per heavy atom. The minimum Gasteiger partial charge on any atom is -0.481 e. The summed E-state index contributed by atoms with van der Waals surface area (Å²) in [5.41, 5.74) is 2.75. The van der Waals surface area contributed by atoms with Gasteiger partial charge in [-0.3, -0.25) is 4.79 Å². The Labute approximate surface area is 99.5 Å². The van der Waals surface area contributed by atoms with Crippen molar-refractivity contribution in [2.45, 2.75) is 20.3 Å². The standard InChI is InChI=1S/C13H14N2O2/c1-9-4-3-5-12(6-9)15-8-11(7-13(16)17)14-10(15)2/h3-6,8H,7H2,1-2H3,(H,16,17). The molecule has 0 amide bonds. The number of carboxylic acid groups (broad SMARTS) is 1. The zero-order valence-corrected chi connectivity index (χ0v) is 9.84. The van der Waals surface area contributed by atoms with Crippen molar-refractivity contribution in [3.8, 4) is 5.69 Å². The van der Waals surface area contributed by atoms with Crippen LogP contribution in [0.25, 0.3) is 5.69 Å². The van der Waals surface area contributed by atoms with Crippen LogP contribution in [0.2, 0.25) is 0 Å². The van der Waals surface area contributed by atoms with Crippen LogP contribution in [0.1, 0.15) is 17.1 Å². The molecule has 0 aliphatic carbocycles. The molecule has 2 rings (SSSR count). The van der Waals surface area contributed by atoms with Crippen molar-refractivity contribution < 1.29 is 9.90 Å². The molecule has 4 nitrogen and oxygen atoms in total. The van der Waals surface area contributed by atoms with Crippen LogP contribution in [0.4, 0.5) is 0 Å². The summed E-state index contributed by atoms with van der Waals surface area (Å²) < 4.78 is 1.91. The molecule has 0 aliphatic rings. The first kappa shape index (κ1) is 11.4. The Kier molecular flexibility index (Phi) is 2.95. The van der Waals surface area contributed by atoms with Crippen LogP contribution in [-0.2, 0) is 11.2 Å². The predicted molar refractivity (Wildman–Crippen MR) is 64.4 cm³/mol. The molecule has 1 aromatic carbocycles. The highest BCUT2D eigenvalue weighted by molar-refractivity contribution is 5.69. The predicted octanol–water partition coefficient (Wildman–Crippen LogP) is 2.12. The van der Waals surface area contributed by atoms with Gasteiger partial charge in [-0.05, 0) is 31.5 Å². The molecule has 0 atom stereocenters. The summed E-state index contributed by atoms with van der Waals surface area (Å²) in [6.07, 6.45) is 1.73. The second-order valence-electron chi connectivity index (χ2n) is 4.06. The van der Waals surface area contributed by atoms with E-state index in [1.165, 1.54) is 0 Å². The van der Waals surface area contributed by atoms with Crippen LogP contribution in [0, 0.1) is 13.8 Å². The summed E-state index contributed by atoms with van der Waals surface area (Å²) in [7, 11) is 0. The molecule has 0 saturated carbocycles. The van der Waals surface area contributed by atoms with Crippen molar-refractivity contribution in [2.24, 2.45) is 0 Å². The molecule has 0 aliphatic heterocycles. The highest BCUT2D eigenvalue weighted by Crippen LogP contribution is 2.14. The van der Waals surface area contributed by atoms with Crippen LogP contribution in [0.5, 0.6) is 0 Å². The van der Waals surface area contributed by atoms with Crippen molar-refractivity contribution in [1.29, 1.82) is 0 Å². The number of hydrogen-bond donors (Lipinski definition) is 1. The van der Waals surface area contributed by atoms with E-state index in [4.69, 9.17) is 5.11 Å². The first-order valence-electron chi connectivity index (χ1n) is 5.40. The summed E-state index contributed by atoms with van der Waals surface area (Å²) in [6.45, 7) is 3.89. The fraction of sp³-hybridized carbons (Fsp3) is 0.231. The molecule has 88 valence electrons. The number of hydrogen-bond acceptors (Lipinski definition) is 2. The van der Waals surface area contributed by atoms with Crippen molar-refractivity contribution in [1.82, 2.24) is 9.55 Å². The fourth-order valence-corrected chi connectivity index (χ4v) is 1.81. The summed E-state index contributed by atoms with van der Waals surface area (Å²) in [5, 5.41) is 8.73. The number of aromatic nitrogens is 2. The zero-order chi connectivity index (χ0) is 12.4. The molecule has 0 saturated heterocycles. The smallest absolute Gasteiger partial charge is 0.309 e. The monoisotopic (exact) mass is 230 g/mol. The van der Waals surface area contributed by atoms with E-state index in [0.717, 1.165) is 17.1 Å². The van der Waals surface area contributed by atoms with Gasteiger partial charge in [0.15, 0.2) is 0 Å². The lowest BCUT2D eigenvalue weighted by Gasteiger charge is -2.05. The Morgan fingerprint density at radius 1 is 1.41 bits per heavy atom. The van der Waals surface area contributed by atoms with Crippen LogP contribution >= 0.6 is 0 Å². The fourth-order valence-electron chi connectivity index (χ4n) is 1.81. The van der Waals surface area contributed by atoms with E-state index in [2.05, 4.69) is 4.98 Å². The summed E-state index contributed by atoms with van der Waals surface area (Å²) >= 11 is 0. The van der Waals surface area contributed by atoms with Gasteiger partial charge in [-0.2, -0.15) is 0 Å². The quantitative estimate of drug-likeness (QED) is 0.878. The van der Waals surface area contributed by atoms with E-state index in [-0.39, 0.29) is 6.42 Å². The average Bonchev–Trinajstić information content (AvgIpc) is 2.58. The van der Waals surface area contributed by atoms with E-state index in [1.54, 1.807) is 6.20 Å². The van der Waals surface area contributed by atoms with Crippen LogP contribution < -0.4 is 0 Å². The van der Waals surface area contributed by atoms with Gasteiger partial charge in [0, 0.05) is 11.9 Å². The molecular weight excluding hydrogens is 216 g/mol. The molecule has 0 unspecified atom stereocenters. The molecule has 0 radical (unpaired) electrons. The highest BCUT2D eigenvalue weighted by Gasteiger charge is 2.08. The molecule has 0 fully saturated rings. The van der Waals surface area contributed by atoms with Crippen molar-refractivity contribution >= 4 is 5.97 Å². The van der Waals surface area contributed by atoms with Gasteiger partial charge < -0.3 is 9.67 Å². The molecule has 0 bridgehead atoms. The Balaban J connectivity index is 2.39. The number of aliphatic carboxylic acids is 1. The van der Waals surface area contributed by atoms with Gasteiger partial charge in [-0.15, -0.1) is 0 Å². The molecule has 0 spiro atoms. The molecule has 1 heterocycles. The lowest BCUT2D eigenvalue weighted by atomic mass is 10.2. The summed E-state index contributed by atoms with van der Waals surface area (Å²) in [6, 6.07) is 8.01. The first-order chi connectivity index (χ1) is 8.06. The Morgan fingerprint density at radius 3 is 2.82 bits per heavy atom. The Hall–Kier alpha value is -2.10. The maximum atomic E-state index is 10.6. The van der Waals surface area contributed by atoms with Gasteiger partial charge in [-0.25, -0.2) is 4.98 Å². The van der Waals surface area contributed by atoms with Gasteiger partial charge in [0.25, 0.3) is 0 Å².